The molecule has 2 amide bonds. The maximum absolute atomic E-state index is 12.6. The van der Waals surface area contributed by atoms with Gasteiger partial charge in [-0.1, -0.05) is 63.6 Å². The lowest BCUT2D eigenvalue weighted by Gasteiger charge is -2.26. The molecule has 0 radical (unpaired) electrons. The Morgan fingerprint density at radius 2 is 1.46 bits per heavy atom. The Bertz CT molecular complexity index is 564. The van der Waals surface area contributed by atoms with E-state index < -0.39 is 36.2 Å². The number of esters is 1. The van der Waals surface area contributed by atoms with Crippen molar-refractivity contribution in [1.29, 1.82) is 0 Å². The molecule has 28 heavy (non-hydrogen) atoms. The molecule has 1 unspecified atom stereocenters. The molecule has 0 heterocycles. The molecule has 0 aliphatic heterocycles. The first-order valence-electron chi connectivity index (χ1n) is 9.53. The van der Waals surface area contributed by atoms with Gasteiger partial charge in [-0.3, -0.25) is 19.3 Å². The number of allylic oxidation sites excluding steroid dienone is 2. The highest BCUT2D eigenvalue weighted by molar-refractivity contribution is 6.01. The standard InChI is InChI=1S/C21H31NO6/c1-4-7-9-11-13-18(23)22(19(24)14-12-10-8-5-2)17(21(26)27)16-20(25)28-15-6-3/h6,9-12,17H,3-5,7-8,13-16H2,1-2H3,(H,26,27)/b11-9+,12-10+. The van der Waals surface area contributed by atoms with Gasteiger partial charge in [0.1, 0.15) is 12.6 Å². The summed E-state index contributed by atoms with van der Waals surface area (Å²) >= 11 is 0. The SMILES string of the molecule is C=CCOC(=O)CC(C(=O)O)N(C(=O)C/C=C/CCC)C(=O)C/C=C/CCC. The number of nitrogens with zero attached hydrogens (tertiary/aromatic N) is 1. The molecule has 0 aliphatic rings. The summed E-state index contributed by atoms with van der Waals surface area (Å²) in [5.74, 6) is -3.58. The summed E-state index contributed by atoms with van der Waals surface area (Å²) in [5.41, 5.74) is 0. The van der Waals surface area contributed by atoms with Gasteiger partial charge in [-0.25, -0.2) is 4.79 Å². The van der Waals surface area contributed by atoms with Crippen LogP contribution in [0, 0.1) is 0 Å². The monoisotopic (exact) mass is 393 g/mol. The highest BCUT2D eigenvalue weighted by Crippen LogP contribution is 2.13. The summed E-state index contributed by atoms with van der Waals surface area (Å²) in [4.78, 5) is 49.4. The van der Waals surface area contributed by atoms with Crippen molar-refractivity contribution in [2.75, 3.05) is 6.61 Å². The second-order valence-electron chi connectivity index (χ2n) is 6.12. The van der Waals surface area contributed by atoms with Crippen LogP contribution in [0.4, 0.5) is 0 Å². The maximum atomic E-state index is 12.6. The fourth-order valence-electron chi connectivity index (χ4n) is 2.28. The van der Waals surface area contributed by atoms with Crippen LogP contribution in [-0.2, 0) is 23.9 Å². The normalized spacial score (nSPS) is 12.1. The van der Waals surface area contributed by atoms with E-state index in [-0.39, 0.29) is 19.4 Å². The number of amides is 2. The molecule has 0 aliphatic carbocycles. The average Bonchev–Trinajstić information content (AvgIpc) is 2.66. The van der Waals surface area contributed by atoms with E-state index in [0.29, 0.717) is 4.90 Å². The summed E-state index contributed by atoms with van der Waals surface area (Å²) in [5, 5.41) is 9.52. The Hall–Kier alpha value is -2.70. The molecule has 0 aromatic heterocycles. The third kappa shape index (κ3) is 10.4. The van der Waals surface area contributed by atoms with E-state index >= 15 is 0 Å². The first-order chi connectivity index (χ1) is 13.4. The van der Waals surface area contributed by atoms with Crippen LogP contribution in [0.15, 0.2) is 37.0 Å². The first kappa shape index (κ1) is 25.3. The third-order valence-electron chi connectivity index (χ3n) is 3.69. The Labute approximate surface area is 166 Å². The molecule has 1 N–H and O–H groups in total. The van der Waals surface area contributed by atoms with Crippen LogP contribution in [0.25, 0.3) is 0 Å². The summed E-state index contributed by atoms with van der Waals surface area (Å²) in [6.45, 7) is 7.30. The Morgan fingerprint density at radius 1 is 0.964 bits per heavy atom. The van der Waals surface area contributed by atoms with Crippen molar-refractivity contribution < 1.29 is 29.0 Å². The number of aliphatic carboxylic acids is 1. The molecule has 7 heteroatoms. The molecule has 1 atom stereocenters. The summed E-state index contributed by atoms with van der Waals surface area (Å²) < 4.78 is 4.81. The minimum Gasteiger partial charge on any atom is -0.480 e. The molecule has 0 spiro atoms. The number of carbonyl (C=O) groups is 4. The van der Waals surface area contributed by atoms with E-state index in [0.717, 1.165) is 25.7 Å². The summed E-state index contributed by atoms with van der Waals surface area (Å²) in [6, 6.07) is -1.61. The van der Waals surface area contributed by atoms with E-state index in [1.165, 1.54) is 6.08 Å². The lowest BCUT2D eigenvalue weighted by molar-refractivity contribution is -0.161. The lowest BCUT2D eigenvalue weighted by Crippen LogP contribution is -2.49. The van der Waals surface area contributed by atoms with Crippen LogP contribution in [0.5, 0.6) is 0 Å². The lowest BCUT2D eigenvalue weighted by atomic mass is 10.1. The molecule has 0 bridgehead atoms. The number of carboxylic acids is 1. The van der Waals surface area contributed by atoms with Gasteiger partial charge < -0.3 is 9.84 Å². The molecule has 0 aromatic carbocycles. The number of unbranched alkanes of at least 4 members (excludes halogenated alkanes) is 2. The average molecular weight is 393 g/mol. The van der Waals surface area contributed by atoms with Crippen molar-refractivity contribution in [3.63, 3.8) is 0 Å². The molecule has 0 fully saturated rings. The van der Waals surface area contributed by atoms with Crippen LogP contribution >= 0.6 is 0 Å². The molecule has 0 saturated heterocycles. The van der Waals surface area contributed by atoms with Crippen LogP contribution in [0.1, 0.15) is 58.8 Å². The minimum atomic E-state index is -1.61. The zero-order valence-electron chi connectivity index (χ0n) is 16.8. The van der Waals surface area contributed by atoms with Gasteiger partial charge >= 0.3 is 11.9 Å². The van der Waals surface area contributed by atoms with Crippen molar-refractivity contribution in [2.45, 2.75) is 64.8 Å². The van der Waals surface area contributed by atoms with Crippen molar-refractivity contribution >= 4 is 23.8 Å². The van der Waals surface area contributed by atoms with Crippen LogP contribution in [0.3, 0.4) is 0 Å². The predicted octanol–water partition coefficient (Wildman–Crippen LogP) is 3.41. The van der Waals surface area contributed by atoms with Gasteiger partial charge in [-0.2, -0.15) is 0 Å². The molecule has 156 valence electrons. The maximum Gasteiger partial charge on any atom is 0.327 e. The highest BCUT2D eigenvalue weighted by Gasteiger charge is 2.35. The molecule has 0 rings (SSSR count). The zero-order valence-corrected chi connectivity index (χ0v) is 16.8. The van der Waals surface area contributed by atoms with Gasteiger partial charge in [0.15, 0.2) is 0 Å². The van der Waals surface area contributed by atoms with Gasteiger partial charge in [0.25, 0.3) is 0 Å². The van der Waals surface area contributed by atoms with E-state index in [2.05, 4.69) is 6.58 Å². The number of ether oxygens (including phenoxy) is 1. The number of hydrogen-bond acceptors (Lipinski definition) is 5. The molecule has 7 nitrogen and oxygen atoms in total. The second-order valence-corrected chi connectivity index (χ2v) is 6.12. The van der Waals surface area contributed by atoms with E-state index in [1.54, 1.807) is 24.3 Å². The molecule has 0 saturated carbocycles. The van der Waals surface area contributed by atoms with Crippen molar-refractivity contribution in [2.24, 2.45) is 0 Å². The van der Waals surface area contributed by atoms with Gasteiger partial charge in [-0.05, 0) is 12.8 Å². The Morgan fingerprint density at radius 3 is 1.86 bits per heavy atom. The highest BCUT2D eigenvalue weighted by atomic mass is 16.5. The number of carbonyl (C=O) groups excluding carboxylic acids is 3. The smallest absolute Gasteiger partial charge is 0.327 e. The fraction of sp³-hybridized carbons (Fsp3) is 0.524. The van der Waals surface area contributed by atoms with Gasteiger partial charge in [0.05, 0.1) is 6.42 Å². The second kappa shape index (κ2) is 15.4. The number of rotatable bonds is 14. The van der Waals surface area contributed by atoms with Crippen LogP contribution < -0.4 is 0 Å². The van der Waals surface area contributed by atoms with E-state index in [4.69, 9.17) is 4.74 Å². The van der Waals surface area contributed by atoms with Gasteiger partial charge in [0.2, 0.25) is 11.8 Å². The quantitative estimate of drug-likeness (QED) is 0.358. The van der Waals surface area contributed by atoms with Crippen LogP contribution in [0.2, 0.25) is 0 Å². The number of carboxylic acid groups (broad SMARTS) is 1. The molecular formula is C21H31NO6. The van der Waals surface area contributed by atoms with Gasteiger partial charge in [0, 0.05) is 12.8 Å². The van der Waals surface area contributed by atoms with Crippen molar-refractivity contribution in [1.82, 2.24) is 4.90 Å². The Kier molecular flexibility index (Phi) is 13.9. The largest absolute Gasteiger partial charge is 0.480 e. The third-order valence-corrected chi connectivity index (χ3v) is 3.69. The first-order valence-corrected chi connectivity index (χ1v) is 9.53. The van der Waals surface area contributed by atoms with Crippen molar-refractivity contribution in [3.8, 4) is 0 Å². The molecule has 0 aromatic rings. The summed E-state index contributed by atoms with van der Waals surface area (Å²) in [7, 11) is 0. The van der Waals surface area contributed by atoms with Gasteiger partial charge in [-0.15, -0.1) is 0 Å². The summed E-state index contributed by atoms with van der Waals surface area (Å²) in [6.07, 6.45) is 10.7. The number of imide groups is 1. The van der Waals surface area contributed by atoms with E-state index in [1.807, 2.05) is 13.8 Å². The fourth-order valence-corrected chi connectivity index (χ4v) is 2.28. The topological polar surface area (TPSA) is 101 Å². The van der Waals surface area contributed by atoms with Crippen molar-refractivity contribution in [3.05, 3.63) is 37.0 Å². The molecular weight excluding hydrogens is 362 g/mol. The van der Waals surface area contributed by atoms with E-state index in [9.17, 15) is 24.3 Å². The Balaban J connectivity index is 5.44. The zero-order chi connectivity index (χ0) is 21.4. The predicted molar refractivity (Wildman–Crippen MR) is 106 cm³/mol. The van der Waals surface area contributed by atoms with Crippen LogP contribution in [-0.4, -0.2) is 46.4 Å². The number of hydrogen-bond donors (Lipinski definition) is 1. The minimum absolute atomic E-state index is 0.0768.